The number of nitrogens with one attached hydrogen (secondary N) is 1. The van der Waals surface area contributed by atoms with Crippen LogP contribution in [0, 0.1) is 0 Å². The molecule has 5 aromatic rings. The molecule has 184 valence electrons. The number of carbonyl (C=O) groups excluding carboxylic acids is 1. The van der Waals surface area contributed by atoms with Crippen LogP contribution in [0.2, 0.25) is 0 Å². The van der Waals surface area contributed by atoms with Crippen molar-refractivity contribution in [3.8, 4) is 17.3 Å². The molecule has 0 spiro atoms. The van der Waals surface area contributed by atoms with E-state index in [0.717, 1.165) is 23.0 Å². The molecule has 0 fully saturated rings. The summed E-state index contributed by atoms with van der Waals surface area (Å²) in [7, 11) is 0. The van der Waals surface area contributed by atoms with Crippen LogP contribution in [-0.4, -0.2) is 41.7 Å². The number of carbonyl (C=O) groups is 1. The van der Waals surface area contributed by atoms with Gasteiger partial charge in [-0.05, 0) is 24.3 Å². The van der Waals surface area contributed by atoms with E-state index in [4.69, 9.17) is 4.52 Å². The Balaban J connectivity index is 1.29. The first-order valence-corrected chi connectivity index (χ1v) is 10.7. The lowest BCUT2D eigenvalue weighted by atomic mass is 10.2. The second-order valence-electron chi connectivity index (χ2n) is 7.66. The molecular weight excluding hydrogens is 479 g/mol. The summed E-state index contributed by atoms with van der Waals surface area (Å²) in [6.07, 6.45) is 0.445. The van der Waals surface area contributed by atoms with E-state index in [1.54, 1.807) is 12.5 Å². The molecule has 0 aliphatic heterocycles. The maximum absolute atomic E-state index is 12.4. The van der Waals surface area contributed by atoms with Crippen molar-refractivity contribution in [3.63, 3.8) is 0 Å². The van der Waals surface area contributed by atoms with Gasteiger partial charge in [0.15, 0.2) is 11.5 Å². The Hall–Kier alpha value is -4.68. The molecule has 2 aromatic carbocycles. The van der Waals surface area contributed by atoms with Crippen molar-refractivity contribution in [2.24, 2.45) is 0 Å². The van der Waals surface area contributed by atoms with Crippen LogP contribution in [0.1, 0.15) is 16.2 Å². The van der Waals surface area contributed by atoms with Gasteiger partial charge in [-0.1, -0.05) is 29.4 Å². The summed E-state index contributed by atoms with van der Waals surface area (Å²) in [6.45, 7) is 1.15. The predicted molar refractivity (Wildman–Crippen MR) is 120 cm³/mol. The fourth-order valence-corrected chi connectivity index (χ4v) is 3.60. The van der Waals surface area contributed by atoms with Crippen LogP contribution in [0.25, 0.3) is 22.5 Å². The van der Waals surface area contributed by atoms with Gasteiger partial charge in [-0.25, -0.2) is 4.98 Å². The molecule has 3 aromatic heterocycles. The first kappa shape index (κ1) is 23.1. The zero-order chi connectivity index (χ0) is 25.1. The second-order valence-corrected chi connectivity index (χ2v) is 7.66. The van der Waals surface area contributed by atoms with Crippen LogP contribution in [0.5, 0.6) is 5.75 Å². The van der Waals surface area contributed by atoms with E-state index in [9.17, 15) is 18.0 Å². The summed E-state index contributed by atoms with van der Waals surface area (Å²) in [4.78, 5) is 20.8. The summed E-state index contributed by atoms with van der Waals surface area (Å²) in [5.41, 5.74) is 1.38. The highest BCUT2D eigenvalue weighted by atomic mass is 19.4. The van der Waals surface area contributed by atoms with E-state index >= 15 is 0 Å². The minimum Gasteiger partial charge on any atom is -0.406 e. The summed E-state index contributed by atoms with van der Waals surface area (Å²) >= 11 is 0. The summed E-state index contributed by atoms with van der Waals surface area (Å²) < 4.78 is 50.3. The number of ether oxygens (including phenoxy) is 1. The average Bonchev–Trinajstić information content (AvgIpc) is 3.60. The highest BCUT2D eigenvalue weighted by molar-refractivity contribution is 5.94. The first-order valence-electron chi connectivity index (χ1n) is 10.7. The highest BCUT2D eigenvalue weighted by Gasteiger charge is 2.31. The van der Waals surface area contributed by atoms with Crippen molar-refractivity contribution in [1.29, 1.82) is 0 Å². The third-order valence-corrected chi connectivity index (χ3v) is 5.19. The van der Waals surface area contributed by atoms with Crippen molar-refractivity contribution >= 4 is 16.8 Å². The first-order chi connectivity index (χ1) is 17.4. The van der Waals surface area contributed by atoms with Gasteiger partial charge in [0.1, 0.15) is 5.75 Å². The second kappa shape index (κ2) is 9.52. The number of amides is 1. The Bertz CT molecular complexity index is 1490. The van der Waals surface area contributed by atoms with Gasteiger partial charge >= 0.3 is 6.36 Å². The molecule has 10 nitrogen and oxygen atoms in total. The number of benzene rings is 2. The van der Waals surface area contributed by atoms with Gasteiger partial charge in [-0.3, -0.25) is 9.48 Å². The largest absolute Gasteiger partial charge is 0.573 e. The summed E-state index contributed by atoms with van der Waals surface area (Å²) in [6, 6.07) is 12.4. The molecule has 0 unspecified atom stereocenters. The average molecular weight is 497 g/mol. The molecule has 0 aliphatic rings. The van der Waals surface area contributed by atoms with Crippen LogP contribution < -0.4 is 10.1 Å². The third kappa shape index (κ3) is 5.19. The molecule has 3 heterocycles. The van der Waals surface area contributed by atoms with Crippen LogP contribution in [0.3, 0.4) is 0 Å². The Morgan fingerprint density at radius 2 is 1.97 bits per heavy atom. The number of hydrogen-bond donors (Lipinski definition) is 1. The SMILES string of the molecule is O=C(NCc1noc(-c2nn(CCn3ccnc3)c3ccccc23)n1)c1cccc(OC(F)(F)F)c1. The minimum atomic E-state index is -4.85. The van der Waals surface area contributed by atoms with Crippen LogP contribution in [0.15, 0.2) is 71.8 Å². The van der Waals surface area contributed by atoms with E-state index in [0.29, 0.717) is 18.8 Å². The predicted octanol–water partition coefficient (Wildman–Crippen LogP) is 3.81. The zero-order valence-corrected chi connectivity index (χ0v) is 18.5. The molecule has 0 bridgehead atoms. The van der Waals surface area contributed by atoms with Gasteiger partial charge in [0.2, 0.25) is 0 Å². The standard InChI is InChI=1S/C23H18F3N7O3/c24-23(25,26)35-16-5-3-4-15(12-16)21(34)28-13-19-29-22(36-31-19)20-17-6-1-2-7-18(17)33(30-20)11-10-32-9-8-27-14-32/h1-9,12,14H,10-11,13H2,(H,28,34). The Morgan fingerprint density at radius 1 is 1.11 bits per heavy atom. The zero-order valence-electron chi connectivity index (χ0n) is 18.5. The highest BCUT2D eigenvalue weighted by Crippen LogP contribution is 2.27. The molecule has 0 saturated carbocycles. The normalized spacial score (nSPS) is 11.6. The Morgan fingerprint density at radius 3 is 2.78 bits per heavy atom. The van der Waals surface area contributed by atoms with Gasteiger partial charge < -0.3 is 19.1 Å². The Labute approximate surface area is 201 Å². The lowest BCUT2D eigenvalue weighted by Gasteiger charge is -2.09. The fraction of sp³-hybridized carbons (Fsp3) is 0.174. The van der Waals surface area contributed by atoms with Crippen molar-refractivity contribution in [2.45, 2.75) is 26.0 Å². The van der Waals surface area contributed by atoms with Gasteiger partial charge in [0.25, 0.3) is 11.8 Å². The van der Waals surface area contributed by atoms with E-state index in [1.807, 2.05) is 39.7 Å². The Kier molecular flexibility index (Phi) is 6.10. The van der Waals surface area contributed by atoms with Crippen molar-refractivity contribution in [2.75, 3.05) is 0 Å². The number of fused-ring (bicyclic) bond motifs is 1. The molecule has 0 radical (unpaired) electrons. The smallest absolute Gasteiger partial charge is 0.406 e. The van der Waals surface area contributed by atoms with Crippen molar-refractivity contribution in [3.05, 3.63) is 78.6 Å². The number of halogens is 3. The van der Waals surface area contributed by atoms with E-state index < -0.39 is 18.0 Å². The van der Waals surface area contributed by atoms with Crippen LogP contribution in [0.4, 0.5) is 13.2 Å². The number of aromatic nitrogens is 6. The maximum Gasteiger partial charge on any atom is 0.573 e. The molecular formula is C23H18F3N7O3. The molecule has 13 heteroatoms. The van der Waals surface area contributed by atoms with Crippen LogP contribution in [-0.2, 0) is 19.6 Å². The fourth-order valence-electron chi connectivity index (χ4n) is 3.60. The molecule has 1 N–H and O–H groups in total. The topological polar surface area (TPSA) is 113 Å². The molecule has 0 aliphatic carbocycles. The summed E-state index contributed by atoms with van der Waals surface area (Å²) in [5.74, 6) is -0.758. The molecule has 0 saturated heterocycles. The number of para-hydroxylation sites is 1. The summed E-state index contributed by atoms with van der Waals surface area (Å²) in [5, 5.41) is 11.9. The van der Waals surface area contributed by atoms with Crippen molar-refractivity contribution in [1.82, 2.24) is 34.8 Å². The van der Waals surface area contributed by atoms with Crippen LogP contribution >= 0.6 is 0 Å². The third-order valence-electron chi connectivity index (χ3n) is 5.19. The van der Waals surface area contributed by atoms with E-state index in [2.05, 4.69) is 30.3 Å². The molecule has 1 amide bonds. The van der Waals surface area contributed by atoms with Gasteiger partial charge in [0, 0.05) is 29.9 Å². The van der Waals surface area contributed by atoms with Gasteiger partial charge in [-0.15, -0.1) is 13.2 Å². The van der Waals surface area contributed by atoms with E-state index in [-0.39, 0.29) is 23.8 Å². The number of alkyl halides is 3. The molecule has 0 atom stereocenters. The van der Waals surface area contributed by atoms with Gasteiger partial charge in [-0.2, -0.15) is 10.1 Å². The minimum absolute atomic E-state index is 0.0110. The number of hydrogen-bond acceptors (Lipinski definition) is 7. The number of imidazole rings is 1. The quantitative estimate of drug-likeness (QED) is 0.347. The number of aryl methyl sites for hydroxylation is 2. The van der Waals surface area contributed by atoms with Crippen molar-refractivity contribution < 1.29 is 27.2 Å². The number of rotatable bonds is 8. The lowest BCUT2D eigenvalue weighted by Crippen LogP contribution is -2.23. The molecule has 5 rings (SSSR count). The van der Waals surface area contributed by atoms with Gasteiger partial charge in [0.05, 0.1) is 24.9 Å². The van der Waals surface area contributed by atoms with E-state index in [1.165, 1.54) is 12.1 Å². The number of nitrogens with zero attached hydrogens (tertiary/aromatic N) is 6. The molecule has 36 heavy (non-hydrogen) atoms. The monoisotopic (exact) mass is 497 g/mol. The maximum atomic E-state index is 12.4. The lowest BCUT2D eigenvalue weighted by molar-refractivity contribution is -0.274.